The third-order valence-corrected chi connectivity index (χ3v) is 6.99. The number of piperidine rings is 1. The van der Waals surface area contributed by atoms with Crippen molar-refractivity contribution in [2.75, 3.05) is 25.0 Å². The van der Waals surface area contributed by atoms with Crippen LogP contribution in [0.25, 0.3) is 11.3 Å². The lowest BCUT2D eigenvalue weighted by molar-refractivity contribution is -0.00345. The lowest BCUT2D eigenvalue weighted by atomic mass is 10.00. The number of hydrogen-bond acceptors (Lipinski definition) is 8. The van der Waals surface area contributed by atoms with Gasteiger partial charge in [0.05, 0.1) is 35.8 Å². The summed E-state index contributed by atoms with van der Waals surface area (Å²) in [4.78, 5) is 38.1. The van der Waals surface area contributed by atoms with E-state index in [2.05, 4.69) is 21.5 Å². The second kappa shape index (κ2) is 11.0. The minimum Gasteiger partial charge on any atom is -0.444 e. The largest absolute Gasteiger partial charge is 0.444 e. The topological polar surface area (TPSA) is 129 Å². The van der Waals surface area contributed by atoms with Gasteiger partial charge >= 0.3 is 6.09 Å². The number of aromatic nitrogens is 4. The summed E-state index contributed by atoms with van der Waals surface area (Å²) in [7, 11) is 0. The SMILES string of the molecule is Cc1cnc(Nc2cnn(C3CCCCN3C(=O)OC(C)(C)C)c2)nc1-c1ccc(C(=O)N2CC(C#N)C2)cc1. The summed E-state index contributed by atoms with van der Waals surface area (Å²) in [5, 5.41) is 16.7. The monoisotopic (exact) mass is 542 g/mol. The second-order valence-electron chi connectivity index (χ2n) is 11.3. The van der Waals surface area contributed by atoms with Crippen LogP contribution in [0.15, 0.2) is 42.9 Å². The van der Waals surface area contributed by atoms with Crippen molar-refractivity contribution in [1.82, 2.24) is 29.5 Å². The number of benzene rings is 1. The van der Waals surface area contributed by atoms with Crippen molar-refractivity contribution in [3.8, 4) is 17.3 Å². The summed E-state index contributed by atoms with van der Waals surface area (Å²) >= 11 is 0. The molecule has 5 rings (SSSR count). The molecular formula is C29H34N8O3. The number of anilines is 2. The fourth-order valence-corrected chi connectivity index (χ4v) is 4.89. The molecule has 0 bridgehead atoms. The maximum Gasteiger partial charge on any atom is 0.411 e. The Bertz CT molecular complexity index is 1430. The van der Waals surface area contributed by atoms with Crippen molar-refractivity contribution in [2.24, 2.45) is 5.92 Å². The molecule has 1 atom stereocenters. The summed E-state index contributed by atoms with van der Waals surface area (Å²) in [6.07, 6.45) is 7.45. The first-order valence-corrected chi connectivity index (χ1v) is 13.5. The molecule has 0 aliphatic carbocycles. The van der Waals surface area contributed by atoms with Crippen molar-refractivity contribution in [3.05, 3.63) is 54.0 Å². The van der Waals surface area contributed by atoms with Crippen molar-refractivity contribution < 1.29 is 14.3 Å². The Kier molecular flexibility index (Phi) is 7.43. The second-order valence-corrected chi connectivity index (χ2v) is 11.3. The number of ether oxygens (including phenoxy) is 1. The highest BCUT2D eigenvalue weighted by atomic mass is 16.6. The molecule has 2 aromatic heterocycles. The van der Waals surface area contributed by atoms with Gasteiger partial charge in [-0.1, -0.05) is 12.1 Å². The molecular weight excluding hydrogens is 508 g/mol. The molecule has 1 aromatic carbocycles. The van der Waals surface area contributed by atoms with E-state index in [-0.39, 0.29) is 24.1 Å². The van der Waals surface area contributed by atoms with Crippen molar-refractivity contribution >= 4 is 23.6 Å². The van der Waals surface area contributed by atoms with E-state index in [1.165, 1.54) is 0 Å². The average Bonchev–Trinajstić information content (AvgIpc) is 3.36. The summed E-state index contributed by atoms with van der Waals surface area (Å²) in [5.41, 5.74) is 3.24. The molecule has 11 nitrogen and oxygen atoms in total. The molecule has 1 N–H and O–H groups in total. The Labute approximate surface area is 233 Å². The molecule has 4 heterocycles. The Morgan fingerprint density at radius 1 is 1.12 bits per heavy atom. The van der Waals surface area contributed by atoms with Gasteiger partial charge < -0.3 is 15.0 Å². The molecule has 11 heteroatoms. The summed E-state index contributed by atoms with van der Waals surface area (Å²) < 4.78 is 7.41. The number of likely N-dealkylation sites (tertiary alicyclic amines) is 2. The van der Waals surface area contributed by atoms with Gasteiger partial charge in [0.25, 0.3) is 5.91 Å². The molecule has 2 saturated heterocycles. The van der Waals surface area contributed by atoms with Gasteiger partial charge in [-0.25, -0.2) is 19.4 Å². The Morgan fingerprint density at radius 2 is 1.88 bits per heavy atom. The zero-order valence-electron chi connectivity index (χ0n) is 23.3. The third kappa shape index (κ3) is 5.91. The van der Waals surface area contributed by atoms with Crippen LogP contribution in [-0.2, 0) is 4.74 Å². The minimum absolute atomic E-state index is 0.0694. The van der Waals surface area contributed by atoms with Crippen LogP contribution < -0.4 is 5.32 Å². The van der Waals surface area contributed by atoms with Crippen molar-refractivity contribution in [2.45, 2.75) is 58.7 Å². The van der Waals surface area contributed by atoms with Crippen molar-refractivity contribution in [3.63, 3.8) is 0 Å². The van der Waals surface area contributed by atoms with Gasteiger partial charge in [-0.2, -0.15) is 10.4 Å². The average molecular weight is 543 g/mol. The molecule has 40 heavy (non-hydrogen) atoms. The van der Waals surface area contributed by atoms with E-state index in [9.17, 15) is 9.59 Å². The van der Waals surface area contributed by atoms with Crippen LogP contribution >= 0.6 is 0 Å². The first kappa shape index (κ1) is 27.1. The van der Waals surface area contributed by atoms with Gasteiger partial charge in [-0.05, 0) is 64.7 Å². The lowest BCUT2D eigenvalue weighted by Crippen LogP contribution is -2.49. The lowest BCUT2D eigenvalue weighted by Gasteiger charge is -2.36. The maximum absolute atomic E-state index is 12.8. The van der Waals surface area contributed by atoms with Crippen LogP contribution in [0, 0.1) is 24.2 Å². The van der Waals surface area contributed by atoms with Crippen LogP contribution in [0.5, 0.6) is 0 Å². The summed E-state index contributed by atoms with van der Waals surface area (Å²) in [5.74, 6) is 0.271. The zero-order chi connectivity index (χ0) is 28.4. The van der Waals surface area contributed by atoms with Gasteiger partial charge in [0.2, 0.25) is 5.95 Å². The zero-order valence-corrected chi connectivity index (χ0v) is 23.3. The van der Waals surface area contributed by atoms with Crippen LogP contribution in [0.3, 0.4) is 0 Å². The third-order valence-electron chi connectivity index (χ3n) is 6.99. The van der Waals surface area contributed by atoms with Crippen LogP contribution in [0.1, 0.15) is 62.1 Å². The van der Waals surface area contributed by atoms with E-state index >= 15 is 0 Å². The fourth-order valence-electron chi connectivity index (χ4n) is 4.89. The van der Waals surface area contributed by atoms with E-state index in [1.54, 1.807) is 39.0 Å². The Hall–Kier alpha value is -4.46. The summed E-state index contributed by atoms with van der Waals surface area (Å²) in [6.45, 7) is 9.11. The predicted molar refractivity (Wildman–Crippen MR) is 149 cm³/mol. The minimum atomic E-state index is -0.567. The number of nitriles is 1. The van der Waals surface area contributed by atoms with E-state index in [4.69, 9.17) is 15.0 Å². The molecule has 0 spiro atoms. The molecule has 2 fully saturated rings. The number of carbonyl (C=O) groups is 2. The molecule has 2 aliphatic heterocycles. The Morgan fingerprint density at radius 3 is 2.58 bits per heavy atom. The molecule has 0 radical (unpaired) electrons. The number of aryl methyl sites for hydroxylation is 1. The highest BCUT2D eigenvalue weighted by Crippen LogP contribution is 2.29. The van der Waals surface area contributed by atoms with Gasteiger partial charge in [0, 0.05) is 37.0 Å². The number of nitrogens with one attached hydrogen (secondary N) is 1. The highest BCUT2D eigenvalue weighted by Gasteiger charge is 2.32. The highest BCUT2D eigenvalue weighted by molar-refractivity contribution is 5.95. The van der Waals surface area contributed by atoms with E-state index in [0.717, 1.165) is 36.1 Å². The van der Waals surface area contributed by atoms with Gasteiger partial charge in [-0.15, -0.1) is 0 Å². The predicted octanol–water partition coefficient (Wildman–Crippen LogP) is 4.91. The number of rotatable bonds is 5. The first-order chi connectivity index (χ1) is 19.1. The standard InChI is InChI=1S/C29H34N8O3/c1-19-14-31-27(34-25(19)21-8-10-22(11-9-21)26(38)35-16-20(13-30)17-35)33-23-15-32-37(18-23)24-7-5-6-12-36(24)28(39)40-29(2,3)4/h8-11,14-15,18,20,24H,5-7,12,16-17H2,1-4H3,(H,31,33,34). The molecule has 3 aromatic rings. The van der Waals surface area contributed by atoms with E-state index in [1.807, 2.05) is 46.0 Å². The van der Waals surface area contributed by atoms with Gasteiger partial charge in [0.1, 0.15) is 11.8 Å². The van der Waals surface area contributed by atoms with Gasteiger partial charge in [0.15, 0.2) is 0 Å². The van der Waals surface area contributed by atoms with Crippen LogP contribution in [0.2, 0.25) is 0 Å². The molecule has 2 aliphatic rings. The molecule has 2 amide bonds. The van der Waals surface area contributed by atoms with Crippen LogP contribution in [0.4, 0.5) is 16.4 Å². The van der Waals surface area contributed by atoms with Crippen molar-refractivity contribution in [1.29, 1.82) is 5.26 Å². The molecule has 208 valence electrons. The number of hydrogen-bond donors (Lipinski definition) is 1. The number of nitrogens with zero attached hydrogens (tertiary/aromatic N) is 7. The normalized spacial score (nSPS) is 17.6. The van der Waals surface area contributed by atoms with Crippen LogP contribution in [-0.4, -0.2) is 66.8 Å². The quantitative estimate of drug-likeness (QED) is 0.482. The number of amides is 2. The van der Waals surface area contributed by atoms with Gasteiger partial charge in [-0.3, -0.25) is 9.69 Å². The van der Waals surface area contributed by atoms with E-state index < -0.39 is 5.60 Å². The Balaban J connectivity index is 1.28. The fraction of sp³-hybridized carbons (Fsp3) is 0.448. The maximum atomic E-state index is 12.8. The number of carbonyl (C=O) groups excluding carboxylic acids is 2. The molecule has 1 unspecified atom stereocenters. The smallest absolute Gasteiger partial charge is 0.411 e. The first-order valence-electron chi connectivity index (χ1n) is 13.5. The summed E-state index contributed by atoms with van der Waals surface area (Å²) in [6, 6.07) is 9.52. The van der Waals surface area contributed by atoms with E-state index in [0.29, 0.717) is 36.8 Å². The molecule has 0 saturated carbocycles.